The van der Waals surface area contributed by atoms with Crippen LogP contribution in [0.25, 0.3) is 0 Å². The minimum absolute atomic E-state index is 0.154. The molecule has 0 radical (unpaired) electrons. The summed E-state index contributed by atoms with van der Waals surface area (Å²) in [5, 5.41) is 10.4. The van der Waals surface area contributed by atoms with Gasteiger partial charge in [0, 0.05) is 12.1 Å². The van der Waals surface area contributed by atoms with Crippen LogP contribution in [0.5, 0.6) is 0 Å². The molecule has 0 aliphatic rings. The molecular formula is C9H7BrF2N2O3. The molecular weight excluding hydrogens is 302 g/mol. The second-order valence-electron chi connectivity index (χ2n) is 3.23. The van der Waals surface area contributed by atoms with Crippen molar-refractivity contribution in [1.82, 2.24) is 0 Å². The molecule has 0 aliphatic heterocycles. The van der Waals surface area contributed by atoms with Crippen molar-refractivity contribution >= 4 is 27.5 Å². The van der Waals surface area contributed by atoms with Gasteiger partial charge in [-0.15, -0.1) is 0 Å². The molecule has 0 saturated carbocycles. The average Bonchev–Trinajstić information content (AvgIpc) is 2.21. The Hall–Kier alpha value is -1.57. The number of halogens is 3. The lowest BCUT2D eigenvalue weighted by atomic mass is 10.1. The van der Waals surface area contributed by atoms with Gasteiger partial charge in [-0.3, -0.25) is 14.9 Å². The third-order valence-electron chi connectivity index (χ3n) is 2.02. The third kappa shape index (κ3) is 3.19. The van der Waals surface area contributed by atoms with E-state index in [-0.39, 0.29) is 12.0 Å². The number of nitro groups is 1. The molecule has 1 amide bonds. The monoisotopic (exact) mass is 308 g/mol. The van der Waals surface area contributed by atoms with Crippen molar-refractivity contribution in [2.75, 3.05) is 0 Å². The average molecular weight is 309 g/mol. The highest BCUT2D eigenvalue weighted by Crippen LogP contribution is 2.23. The molecule has 8 heteroatoms. The summed E-state index contributed by atoms with van der Waals surface area (Å²) in [6, 6.07) is 1.16. The molecule has 2 N–H and O–H groups in total. The summed E-state index contributed by atoms with van der Waals surface area (Å²) in [5.74, 6) is -2.96. The second kappa shape index (κ2) is 5.17. The number of carbonyl (C=O) groups is 1. The maximum atomic E-state index is 13.3. The molecule has 0 bridgehead atoms. The van der Waals surface area contributed by atoms with Gasteiger partial charge in [0.05, 0.1) is 9.75 Å². The highest BCUT2D eigenvalue weighted by Gasteiger charge is 2.21. The molecule has 1 aromatic carbocycles. The van der Waals surface area contributed by atoms with Gasteiger partial charge in [-0.1, -0.05) is 15.9 Å². The summed E-state index contributed by atoms with van der Waals surface area (Å²) in [6.45, 7) is 0. The smallest absolute Gasteiger partial charge is 0.305 e. The van der Waals surface area contributed by atoms with Crippen LogP contribution in [0.3, 0.4) is 0 Å². The Morgan fingerprint density at radius 2 is 2.06 bits per heavy atom. The standard InChI is InChI=1S/C9H7BrF2N2O3/c10-5(9(13)15)1-4-2-8(14(16)17)7(12)3-6(4)11/h2-3,5H,1H2,(H2,13,15). The van der Waals surface area contributed by atoms with Crippen LogP contribution in [-0.2, 0) is 11.2 Å². The van der Waals surface area contributed by atoms with Crippen LogP contribution in [0, 0.1) is 21.7 Å². The van der Waals surface area contributed by atoms with Crippen LogP contribution >= 0.6 is 15.9 Å². The summed E-state index contributed by atoms with van der Waals surface area (Å²) in [6.07, 6.45) is -0.192. The lowest BCUT2D eigenvalue weighted by Gasteiger charge is -2.07. The molecule has 1 rings (SSSR count). The summed E-state index contributed by atoms with van der Waals surface area (Å²) in [4.78, 5) is 19.4. The Kier molecular flexibility index (Phi) is 4.11. The summed E-state index contributed by atoms with van der Waals surface area (Å²) >= 11 is 2.89. The van der Waals surface area contributed by atoms with Gasteiger partial charge in [0.25, 0.3) is 0 Å². The topological polar surface area (TPSA) is 86.2 Å². The van der Waals surface area contributed by atoms with E-state index in [2.05, 4.69) is 15.9 Å². The fraction of sp³-hybridized carbons (Fsp3) is 0.222. The van der Waals surface area contributed by atoms with E-state index in [1.54, 1.807) is 0 Å². The van der Waals surface area contributed by atoms with Gasteiger partial charge in [0.2, 0.25) is 11.7 Å². The number of primary amides is 1. The van der Waals surface area contributed by atoms with Gasteiger partial charge in [0.15, 0.2) is 0 Å². The number of hydrogen-bond donors (Lipinski definition) is 1. The first-order chi connectivity index (χ1) is 7.82. The molecule has 1 atom stereocenters. The van der Waals surface area contributed by atoms with Crippen LogP contribution in [0.2, 0.25) is 0 Å². The van der Waals surface area contributed by atoms with Gasteiger partial charge in [-0.05, 0) is 12.0 Å². The second-order valence-corrected chi connectivity index (χ2v) is 4.33. The van der Waals surface area contributed by atoms with Crippen molar-refractivity contribution in [3.05, 3.63) is 39.4 Å². The van der Waals surface area contributed by atoms with Crippen LogP contribution in [0.15, 0.2) is 12.1 Å². The predicted octanol–water partition coefficient (Wildman–Crippen LogP) is 1.66. The lowest BCUT2D eigenvalue weighted by molar-refractivity contribution is -0.387. The minimum Gasteiger partial charge on any atom is -0.369 e. The Bertz CT molecular complexity index is 482. The van der Waals surface area contributed by atoms with Crippen molar-refractivity contribution in [1.29, 1.82) is 0 Å². The number of benzene rings is 1. The number of carbonyl (C=O) groups excluding carboxylic acids is 1. The number of hydrogen-bond acceptors (Lipinski definition) is 3. The van der Waals surface area contributed by atoms with E-state index in [0.717, 1.165) is 6.07 Å². The third-order valence-corrected chi connectivity index (χ3v) is 2.80. The molecule has 17 heavy (non-hydrogen) atoms. The van der Waals surface area contributed by atoms with Crippen molar-refractivity contribution in [2.45, 2.75) is 11.2 Å². The first-order valence-corrected chi connectivity index (χ1v) is 5.30. The molecule has 0 fully saturated rings. The SMILES string of the molecule is NC(=O)C(Br)Cc1cc([N+](=O)[O-])c(F)cc1F. The van der Waals surface area contributed by atoms with Gasteiger partial charge < -0.3 is 5.73 Å². The summed E-state index contributed by atoms with van der Waals surface area (Å²) < 4.78 is 26.3. The first-order valence-electron chi connectivity index (χ1n) is 4.38. The van der Waals surface area contributed by atoms with Crippen LogP contribution in [0.1, 0.15) is 5.56 Å². The summed E-state index contributed by atoms with van der Waals surface area (Å²) in [7, 11) is 0. The molecule has 0 aliphatic carbocycles. The molecule has 0 spiro atoms. The van der Waals surface area contributed by atoms with Crippen LogP contribution < -0.4 is 5.73 Å². The number of rotatable bonds is 4. The van der Waals surface area contributed by atoms with E-state index < -0.39 is 33.0 Å². The Balaban J connectivity index is 3.12. The van der Waals surface area contributed by atoms with E-state index in [4.69, 9.17) is 5.73 Å². The number of amides is 1. The van der Waals surface area contributed by atoms with E-state index in [9.17, 15) is 23.7 Å². The molecule has 92 valence electrons. The Morgan fingerprint density at radius 1 is 1.47 bits per heavy atom. The van der Waals surface area contributed by atoms with Gasteiger partial charge in [-0.25, -0.2) is 4.39 Å². The predicted molar refractivity (Wildman–Crippen MR) is 58.6 cm³/mol. The maximum absolute atomic E-state index is 13.3. The fourth-order valence-electron chi connectivity index (χ4n) is 1.17. The minimum atomic E-state index is -1.26. The Morgan fingerprint density at radius 3 is 2.53 bits per heavy atom. The van der Waals surface area contributed by atoms with E-state index in [1.807, 2.05) is 0 Å². The van der Waals surface area contributed by atoms with Crippen molar-refractivity contribution in [3.8, 4) is 0 Å². The zero-order valence-corrected chi connectivity index (χ0v) is 9.91. The molecule has 1 unspecified atom stereocenters. The van der Waals surface area contributed by atoms with E-state index in [0.29, 0.717) is 6.07 Å². The largest absolute Gasteiger partial charge is 0.369 e. The van der Waals surface area contributed by atoms with Crippen molar-refractivity contribution in [3.63, 3.8) is 0 Å². The van der Waals surface area contributed by atoms with Crippen molar-refractivity contribution < 1.29 is 18.5 Å². The van der Waals surface area contributed by atoms with Gasteiger partial charge in [-0.2, -0.15) is 4.39 Å². The van der Waals surface area contributed by atoms with Crippen molar-refractivity contribution in [2.24, 2.45) is 5.73 Å². The fourth-order valence-corrected chi connectivity index (χ4v) is 1.52. The molecule has 1 aromatic rings. The molecule has 0 saturated heterocycles. The van der Waals surface area contributed by atoms with Crippen LogP contribution in [-0.4, -0.2) is 15.7 Å². The molecule has 0 heterocycles. The van der Waals surface area contributed by atoms with Gasteiger partial charge >= 0.3 is 5.69 Å². The highest BCUT2D eigenvalue weighted by molar-refractivity contribution is 9.10. The van der Waals surface area contributed by atoms with E-state index in [1.165, 1.54) is 0 Å². The highest BCUT2D eigenvalue weighted by atomic mass is 79.9. The first kappa shape index (κ1) is 13.5. The lowest BCUT2D eigenvalue weighted by Crippen LogP contribution is -2.25. The number of nitrogens with zero attached hydrogens (tertiary/aromatic N) is 1. The maximum Gasteiger partial charge on any atom is 0.305 e. The zero-order chi connectivity index (χ0) is 13.2. The van der Waals surface area contributed by atoms with E-state index >= 15 is 0 Å². The molecule has 0 aromatic heterocycles. The number of nitro benzene ring substituents is 1. The Labute approximate surface area is 103 Å². The normalized spacial score (nSPS) is 12.2. The van der Waals surface area contributed by atoms with Gasteiger partial charge in [0.1, 0.15) is 5.82 Å². The molecule has 5 nitrogen and oxygen atoms in total. The number of nitrogens with two attached hydrogens (primary N) is 1. The zero-order valence-electron chi connectivity index (χ0n) is 8.32. The summed E-state index contributed by atoms with van der Waals surface area (Å²) in [5.41, 5.74) is 3.95. The van der Waals surface area contributed by atoms with Crippen LogP contribution in [0.4, 0.5) is 14.5 Å². The quantitative estimate of drug-likeness (QED) is 0.521. The number of alkyl halides is 1.